The third-order valence-electron chi connectivity index (χ3n) is 3.17. The normalized spacial score (nSPS) is 10.6. The molecule has 0 saturated heterocycles. The summed E-state index contributed by atoms with van der Waals surface area (Å²) in [6.45, 7) is 0. The van der Waals surface area contributed by atoms with Crippen molar-refractivity contribution in [2.75, 3.05) is 0 Å². The van der Waals surface area contributed by atoms with Crippen molar-refractivity contribution in [3.63, 3.8) is 0 Å². The minimum atomic E-state index is -0.511. The van der Waals surface area contributed by atoms with E-state index in [4.69, 9.17) is 5.73 Å². The second-order valence-electron chi connectivity index (χ2n) is 4.59. The van der Waals surface area contributed by atoms with E-state index in [0.717, 1.165) is 22.0 Å². The van der Waals surface area contributed by atoms with Gasteiger partial charge >= 0.3 is 0 Å². The van der Waals surface area contributed by atoms with Gasteiger partial charge in [-0.05, 0) is 35.7 Å². The van der Waals surface area contributed by atoms with Crippen molar-refractivity contribution in [1.82, 2.24) is 9.97 Å². The number of carbonyl (C=O) groups is 1. The first-order chi connectivity index (χ1) is 9.74. The molecule has 0 bridgehead atoms. The maximum Gasteiger partial charge on any atom is 0.267 e. The molecular formula is C16H13N3O. The van der Waals surface area contributed by atoms with Gasteiger partial charge in [0.1, 0.15) is 5.69 Å². The number of benzene rings is 1. The van der Waals surface area contributed by atoms with Crippen LogP contribution in [0.4, 0.5) is 0 Å². The molecule has 0 radical (unpaired) electrons. The Labute approximate surface area is 116 Å². The first-order valence-electron chi connectivity index (χ1n) is 6.31. The number of primary amides is 1. The molecule has 0 saturated carbocycles. The van der Waals surface area contributed by atoms with Gasteiger partial charge in [-0.15, -0.1) is 0 Å². The van der Waals surface area contributed by atoms with Gasteiger partial charge in [-0.2, -0.15) is 0 Å². The second kappa shape index (κ2) is 5.09. The minimum absolute atomic E-state index is 0.294. The molecule has 20 heavy (non-hydrogen) atoms. The maximum absolute atomic E-state index is 11.4. The number of amides is 1. The molecule has 1 aromatic carbocycles. The van der Waals surface area contributed by atoms with Crippen LogP contribution in [-0.2, 0) is 6.42 Å². The standard InChI is InChI=1S/C16H13N3O/c17-16(20)15-9-12(8-11-4-3-7-18-10-11)13-5-1-2-6-14(13)19-15/h1-7,9-10H,8H2,(H2,17,20). The second-order valence-corrected chi connectivity index (χ2v) is 4.59. The fraction of sp³-hybridized carbons (Fsp3) is 0.0625. The predicted molar refractivity (Wildman–Crippen MR) is 77.3 cm³/mol. The lowest BCUT2D eigenvalue weighted by Crippen LogP contribution is -2.13. The Hall–Kier alpha value is -2.75. The highest BCUT2D eigenvalue weighted by molar-refractivity contribution is 5.95. The van der Waals surface area contributed by atoms with Crippen molar-refractivity contribution in [2.45, 2.75) is 6.42 Å². The average Bonchev–Trinajstić information content (AvgIpc) is 2.48. The van der Waals surface area contributed by atoms with Crippen LogP contribution in [0.5, 0.6) is 0 Å². The molecule has 2 aromatic heterocycles. The highest BCUT2D eigenvalue weighted by Crippen LogP contribution is 2.21. The molecule has 2 heterocycles. The summed E-state index contributed by atoms with van der Waals surface area (Å²) in [5.41, 5.74) is 8.54. The molecule has 4 nitrogen and oxygen atoms in total. The van der Waals surface area contributed by atoms with E-state index in [2.05, 4.69) is 9.97 Å². The van der Waals surface area contributed by atoms with Gasteiger partial charge in [0.05, 0.1) is 5.52 Å². The van der Waals surface area contributed by atoms with Crippen molar-refractivity contribution in [3.8, 4) is 0 Å². The SMILES string of the molecule is NC(=O)c1cc(Cc2cccnc2)c2ccccc2n1. The number of hydrogen-bond donors (Lipinski definition) is 1. The number of hydrogen-bond acceptors (Lipinski definition) is 3. The van der Waals surface area contributed by atoms with E-state index in [1.807, 2.05) is 42.6 Å². The largest absolute Gasteiger partial charge is 0.364 e. The van der Waals surface area contributed by atoms with Crippen LogP contribution in [-0.4, -0.2) is 15.9 Å². The van der Waals surface area contributed by atoms with Crippen molar-refractivity contribution in [2.24, 2.45) is 5.73 Å². The van der Waals surface area contributed by atoms with E-state index >= 15 is 0 Å². The van der Waals surface area contributed by atoms with E-state index in [0.29, 0.717) is 12.1 Å². The van der Waals surface area contributed by atoms with Gasteiger partial charge in [0.2, 0.25) is 0 Å². The summed E-state index contributed by atoms with van der Waals surface area (Å²) in [4.78, 5) is 19.8. The van der Waals surface area contributed by atoms with Crippen LogP contribution in [0.3, 0.4) is 0 Å². The van der Waals surface area contributed by atoms with Gasteiger partial charge in [0, 0.05) is 17.8 Å². The molecule has 4 heteroatoms. The van der Waals surface area contributed by atoms with Crippen molar-refractivity contribution in [3.05, 3.63) is 71.7 Å². The smallest absolute Gasteiger partial charge is 0.267 e. The Morgan fingerprint density at radius 1 is 1.15 bits per heavy atom. The number of fused-ring (bicyclic) bond motifs is 1. The van der Waals surface area contributed by atoms with Crippen LogP contribution in [0.15, 0.2) is 54.9 Å². The van der Waals surface area contributed by atoms with Crippen LogP contribution >= 0.6 is 0 Å². The van der Waals surface area contributed by atoms with Gasteiger partial charge in [0.15, 0.2) is 0 Å². The van der Waals surface area contributed by atoms with Crippen molar-refractivity contribution >= 4 is 16.8 Å². The zero-order chi connectivity index (χ0) is 13.9. The van der Waals surface area contributed by atoms with Gasteiger partial charge in [-0.1, -0.05) is 24.3 Å². The Morgan fingerprint density at radius 2 is 2.00 bits per heavy atom. The van der Waals surface area contributed by atoms with E-state index in [1.54, 1.807) is 12.3 Å². The van der Waals surface area contributed by atoms with Crippen LogP contribution < -0.4 is 5.73 Å². The number of para-hydroxylation sites is 1. The summed E-state index contributed by atoms with van der Waals surface area (Å²) in [6, 6.07) is 13.4. The number of pyridine rings is 2. The first kappa shape index (κ1) is 12.3. The molecular weight excluding hydrogens is 250 g/mol. The highest BCUT2D eigenvalue weighted by atomic mass is 16.1. The number of aromatic nitrogens is 2. The van der Waals surface area contributed by atoms with E-state index in [9.17, 15) is 4.79 Å². The predicted octanol–water partition coefficient (Wildman–Crippen LogP) is 2.32. The number of nitrogens with two attached hydrogens (primary N) is 1. The Morgan fingerprint density at radius 3 is 2.75 bits per heavy atom. The lowest BCUT2D eigenvalue weighted by Gasteiger charge is -2.08. The summed E-state index contributed by atoms with van der Waals surface area (Å²) >= 11 is 0. The molecule has 0 aliphatic heterocycles. The summed E-state index contributed by atoms with van der Waals surface area (Å²) in [6.07, 6.45) is 4.25. The van der Waals surface area contributed by atoms with Crippen LogP contribution in [0.25, 0.3) is 10.9 Å². The number of nitrogens with zero attached hydrogens (tertiary/aromatic N) is 2. The zero-order valence-electron chi connectivity index (χ0n) is 10.8. The zero-order valence-corrected chi connectivity index (χ0v) is 10.8. The topological polar surface area (TPSA) is 68.9 Å². The third kappa shape index (κ3) is 2.36. The lowest BCUT2D eigenvalue weighted by molar-refractivity contribution is 0.0996. The highest BCUT2D eigenvalue weighted by Gasteiger charge is 2.09. The van der Waals surface area contributed by atoms with E-state index in [1.165, 1.54) is 0 Å². The van der Waals surface area contributed by atoms with Crippen LogP contribution in [0.2, 0.25) is 0 Å². The summed E-state index contributed by atoms with van der Waals surface area (Å²) < 4.78 is 0. The van der Waals surface area contributed by atoms with Crippen molar-refractivity contribution < 1.29 is 4.79 Å². The Balaban J connectivity index is 2.15. The van der Waals surface area contributed by atoms with Crippen LogP contribution in [0, 0.1) is 0 Å². The molecule has 0 aliphatic rings. The van der Waals surface area contributed by atoms with E-state index in [-0.39, 0.29) is 0 Å². The molecule has 0 unspecified atom stereocenters. The van der Waals surface area contributed by atoms with Gasteiger partial charge in [-0.25, -0.2) is 4.98 Å². The molecule has 0 fully saturated rings. The van der Waals surface area contributed by atoms with Gasteiger partial charge in [-0.3, -0.25) is 9.78 Å². The maximum atomic E-state index is 11.4. The summed E-state index contributed by atoms with van der Waals surface area (Å²) in [5, 5.41) is 1.03. The number of rotatable bonds is 3. The fourth-order valence-electron chi connectivity index (χ4n) is 2.24. The Kier molecular flexibility index (Phi) is 3.13. The monoisotopic (exact) mass is 263 g/mol. The van der Waals surface area contributed by atoms with Gasteiger partial charge < -0.3 is 5.73 Å². The van der Waals surface area contributed by atoms with Crippen LogP contribution in [0.1, 0.15) is 21.6 Å². The first-order valence-corrected chi connectivity index (χ1v) is 6.31. The number of carbonyl (C=O) groups excluding carboxylic acids is 1. The summed E-state index contributed by atoms with van der Waals surface area (Å²) in [5.74, 6) is -0.511. The lowest BCUT2D eigenvalue weighted by atomic mass is 10.0. The molecule has 0 atom stereocenters. The minimum Gasteiger partial charge on any atom is -0.364 e. The molecule has 0 aliphatic carbocycles. The average molecular weight is 263 g/mol. The third-order valence-corrected chi connectivity index (χ3v) is 3.17. The van der Waals surface area contributed by atoms with Gasteiger partial charge in [0.25, 0.3) is 5.91 Å². The quantitative estimate of drug-likeness (QED) is 0.788. The molecule has 0 spiro atoms. The molecule has 98 valence electrons. The van der Waals surface area contributed by atoms with E-state index < -0.39 is 5.91 Å². The fourth-order valence-corrected chi connectivity index (χ4v) is 2.24. The molecule has 3 rings (SSSR count). The van der Waals surface area contributed by atoms with Crippen molar-refractivity contribution in [1.29, 1.82) is 0 Å². The molecule has 1 amide bonds. The molecule has 2 N–H and O–H groups in total. The Bertz CT molecular complexity index is 769. The summed E-state index contributed by atoms with van der Waals surface area (Å²) in [7, 11) is 0. The molecule has 3 aromatic rings.